The van der Waals surface area contributed by atoms with Gasteiger partial charge in [0.2, 0.25) is 0 Å². The average molecular weight is 459 g/mol. The van der Waals surface area contributed by atoms with Crippen LogP contribution < -0.4 is 0 Å². The van der Waals surface area contributed by atoms with Crippen molar-refractivity contribution in [3.8, 4) is 11.5 Å². The van der Waals surface area contributed by atoms with Crippen molar-refractivity contribution in [2.45, 2.75) is 59.5 Å². The molecule has 33 heavy (non-hydrogen) atoms. The maximum Gasteiger partial charge on any atom is 0.342 e. The molecule has 0 unspecified atom stereocenters. The Bertz CT molecular complexity index is 931. The van der Waals surface area contributed by atoms with Crippen LogP contribution in [-0.2, 0) is 20.8 Å². The number of aromatic hydroxyl groups is 2. The minimum Gasteiger partial charge on any atom is -0.508 e. The summed E-state index contributed by atoms with van der Waals surface area (Å²) in [6.45, 7) is 8.47. The lowest BCUT2D eigenvalue weighted by atomic mass is 9.98. The first-order valence-corrected chi connectivity index (χ1v) is 11.3. The number of ether oxygens (including phenoxy) is 1. The number of phenols is 2. The van der Waals surface area contributed by atoms with Crippen LogP contribution in [0.2, 0.25) is 0 Å². The van der Waals surface area contributed by atoms with Gasteiger partial charge in [0.15, 0.2) is 6.61 Å². The van der Waals surface area contributed by atoms with Gasteiger partial charge in [-0.2, -0.15) is 0 Å². The zero-order valence-corrected chi connectivity index (χ0v) is 19.8. The molecule has 8 nitrogen and oxygen atoms in total. The number of carbonyl (C=O) groups excluding carboxylic acids is 2. The van der Waals surface area contributed by atoms with Crippen LogP contribution >= 0.6 is 0 Å². The highest BCUT2D eigenvalue weighted by Gasteiger charge is 2.22. The number of esters is 1. The zero-order valence-electron chi connectivity index (χ0n) is 19.8. The van der Waals surface area contributed by atoms with E-state index in [0.717, 1.165) is 24.5 Å². The van der Waals surface area contributed by atoms with Crippen molar-refractivity contribution in [1.29, 1.82) is 0 Å². The topological polar surface area (TPSA) is 109 Å². The van der Waals surface area contributed by atoms with Crippen LogP contribution in [0, 0.1) is 0 Å². The van der Waals surface area contributed by atoms with Crippen LogP contribution in [0.3, 0.4) is 0 Å². The third-order valence-electron chi connectivity index (χ3n) is 5.31. The van der Waals surface area contributed by atoms with Gasteiger partial charge in [-0.3, -0.25) is 4.79 Å². The van der Waals surface area contributed by atoms with Gasteiger partial charge in [0.25, 0.3) is 5.91 Å². The highest BCUT2D eigenvalue weighted by atomic mass is 16.6. The summed E-state index contributed by atoms with van der Waals surface area (Å²) in [6.07, 6.45) is 7.71. The second kappa shape index (κ2) is 12.7. The van der Waals surface area contributed by atoms with E-state index in [2.05, 4.69) is 5.16 Å². The number of cyclic esters (lactones) is 1. The molecule has 1 heterocycles. The molecule has 0 aliphatic carbocycles. The fraction of sp³-hybridized carbons (Fsp3) is 0.480. The van der Waals surface area contributed by atoms with Gasteiger partial charge in [0, 0.05) is 32.0 Å². The Labute approximate surface area is 195 Å². The van der Waals surface area contributed by atoms with Gasteiger partial charge in [-0.15, -0.1) is 0 Å². The molecule has 0 saturated carbocycles. The van der Waals surface area contributed by atoms with Gasteiger partial charge in [-0.25, -0.2) is 4.79 Å². The van der Waals surface area contributed by atoms with Gasteiger partial charge in [0.1, 0.15) is 23.2 Å². The van der Waals surface area contributed by atoms with Gasteiger partial charge in [-0.1, -0.05) is 22.9 Å². The molecule has 1 aromatic carbocycles. The average Bonchev–Trinajstić information content (AvgIpc) is 2.73. The minimum absolute atomic E-state index is 0.0290. The fourth-order valence-corrected chi connectivity index (χ4v) is 3.55. The fourth-order valence-electron chi connectivity index (χ4n) is 3.55. The van der Waals surface area contributed by atoms with Crippen molar-refractivity contribution in [3.05, 3.63) is 47.1 Å². The molecule has 0 saturated heterocycles. The molecule has 1 aliphatic rings. The minimum atomic E-state index is -0.682. The number of fused-ring (bicyclic) bond motifs is 1. The number of amides is 1. The van der Waals surface area contributed by atoms with Crippen molar-refractivity contribution in [2.24, 2.45) is 5.16 Å². The van der Waals surface area contributed by atoms with Gasteiger partial charge in [0.05, 0.1) is 5.71 Å². The molecule has 2 rings (SSSR count). The summed E-state index contributed by atoms with van der Waals surface area (Å²) >= 11 is 0. The van der Waals surface area contributed by atoms with E-state index in [-0.39, 0.29) is 42.1 Å². The SMILES string of the molecule is CCN(CC)C(=O)CO/N=C1\C=C(/C)CC/C=C/C[C@@H](C)OC(=O)c2c(O)cc(O)cc2C1. The number of likely N-dealkylation sites (N-methyl/N-ethyl adjacent to an activating group) is 1. The maximum absolute atomic E-state index is 12.8. The van der Waals surface area contributed by atoms with E-state index in [0.29, 0.717) is 30.8 Å². The first kappa shape index (κ1) is 26.0. The number of carbonyl (C=O) groups is 2. The van der Waals surface area contributed by atoms with Crippen LogP contribution in [0.5, 0.6) is 11.5 Å². The molecular weight excluding hydrogens is 424 g/mol. The summed E-state index contributed by atoms with van der Waals surface area (Å²) in [7, 11) is 0. The number of benzene rings is 1. The Morgan fingerprint density at radius 2 is 1.97 bits per heavy atom. The highest BCUT2D eigenvalue weighted by Crippen LogP contribution is 2.29. The molecule has 180 valence electrons. The van der Waals surface area contributed by atoms with Crippen molar-refractivity contribution >= 4 is 17.6 Å². The Morgan fingerprint density at radius 3 is 2.67 bits per heavy atom. The molecule has 1 amide bonds. The molecule has 1 atom stereocenters. The normalized spacial score (nSPS) is 21.2. The smallest absolute Gasteiger partial charge is 0.342 e. The number of nitrogens with zero attached hydrogens (tertiary/aromatic N) is 2. The summed E-state index contributed by atoms with van der Waals surface area (Å²) in [6, 6.07) is 2.50. The number of oxime groups is 1. The summed E-state index contributed by atoms with van der Waals surface area (Å²) in [5.41, 5.74) is 1.81. The predicted octanol–water partition coefficient (Wildman–Crippen LogP) is 4.11. The second-order valence-corrected chi connectivity index (χ2v) is 8.05. The lowest BCUT2D eigenvalue weighted by Gasteiger charge is -2.18. The third kappa shape index (κ3) is 7.97. The number of phenolic OH excluding ortho intramolecular Hbond substituents is 2. The summed E-state index contributed by atoms with van der Waals surface area (Å²) in [4.78, 5) is 32.0. The van der Waals surface area contributed by atoms with Crippen molar-refractivity contribution in [2.75, 3.05) is 19.7 Å². The number of hydrogen-bond donors (Lipinski definition) is 2. The molecule has 2 N–H and O–H groups in total. The molecule has 0 fully saturated rings. The Kier molecular flexibility index (Phi) is 9.97. The molecule has 0 spiro atoms. The Balaban J connectivity index is 2.41. The van der Waals surface area contributed by atoms with Crippen LogP contribution in [-0.4, -0.2) is 58.5 Å². The highest BCUT2D eigenvalue weighted by molar-refractivity contribution is 6.01. The van der Waals surface area contributed by atoms with Crippen LogP contribution in [0.4, 0.5) is 0 Å². The van der Waals surface area contributed by atoms with Crippen molar-refractivity contribution in [1.82, 2.24) is 4.90 Å². The molecular formula is C25H34N2O6. The van der Waals surface area contributed by atoms with Crippen molar-refractivity contribution < 1.29 is 29.4 Å². The molecule has 0 radical (unpaired) electrons. The standard InChI is InChI=1S/C25H34N2O6/c1-5-27(6-2)23(30)16-32-26-20-12-17(3)10-8-7-9-11-18(4)33-25(31)24-19(13-20)14-21(28)15-22(24)29/h7,9,12,14-15,18,28-29H,5-6,8,10-11,13,16H2,1-4H3/b9-7+,17-12+,26-20+/t18-/m1/s1. The third-order valence-corrected chi connectivity index (χ3v) is 5.31. The first-order valence-electron chi connectivity index (χ1n) is 11.3. The van der Waals surface area contributed by atoms with Crippen molar-refractivity contribution in [3.63, 3.8) is 0 Å². The van der Waals surface area contributed by atoms with Crippen LogP contribution in [0.25, 0.3) is 0 Å². The number of rotatable bonds is 5. The van der Waals surface area contributed by atoms with E-state index >= 15 is 0 Å². The lowest BCUT2D eigenvalue weighted by molar-refractivity contribution is -0.135. The van der Waals surface area contributed by atoms with Crippen LogP contribution in [0.15, 0.2) is 41.1 Å². The van der Waals surface area contributed by atoms with Gasteiger partial charge >= 0.3 is 5.97 Å². The van der Waals surface area contributed by atoms with Gasteiger partial charge < -0.3 is 24.7 Å². The van der Waals surface area contributed by atoms with E-state index in [1.54, 1.807) is 11.8 Å². The van der Waals surface area contributed by atoms with E-state index in [1.165, 1.54) is 6.07 Å². The molecule has 8 heteroatoms. The van der Waals surface area contributed by atoms with E-state index < -0.39 is 5.97 Å². The number of hydrogen-bond acceptors (Lipinski definition) is 7. The Hall–Kier alpha value is -3.29. The van der Waals surface area contributed by atoms with E-state index in [4.69, 9.17) is 9.57 Å². The quantitative estimate of drug-likeness (QED) is 0.390. The summed E-state index contributed by atoms with van der Waals surface area (Å²) in [5, 5.41) is 24.6. The van der Waals surface area contributed by atoms with E-state index in [9.17, 15) is 19.8 Å². The first-order chi connectivity index (χ1) is 15.7. The molecule has 0 bridgehead atoms. The Morgan fingerprint density at radius 1 is 1.24 bits per heavy atom. The second-order valence-electron chi connectivity index (χ2n) is 8.05. The number of allylic oxidation sites excluding steroid dienone is 3. The monoisotopic (exact) mass is 458 g/mol. The largest absolute Gasteiger partial charge is 0.508 e. The van der Waals surface area contributed by atoms with Crippen LogP contribution in [0.1, 0.15) is 62.9 Å². The molecule has 0 aromatic heterocycles. The summed E-state index contributed by atoms with van der Waals surface area (Å²) < 4.78 is 5.49. The summed E-state index contributed by atoms with van der Waals surface area (Å²) in [5.74, 6) is -1.42. The van der Waals surface area contributed by atoms with Gasteiger partial charge in [-0.05, 0) is 58.2 Å². The molecule has 1 aliphatic heterocycles. The van der Waals surface area contributed by atoms with E-state index in [1.807, 2.05) is 39.0 Å². The predicted molar refractivity (Wildman–Crippen MR) is 126 cm³/mol. The molecule has 1 aromatic rings. The maximum atomic E-state index is 12.8. The zero-order chi connectivity index (χ0) is 24.4. The lowest BCUT2D eigenvalue weighted by Crippen LogP contribution is -2.33.